The van der Waals surface area contributed by atoms with Gasteiger partial charge in [0.15, 0.2) is 5.16 Å². The maximum absolute atomic E-state index is 13.0. The number of hydrogen-bond donors (Lipinski definition) is 2. The van der Waals surface area contributed by atoms with Gasteiger partial charge in [-0.15, -0.1) is 10.2 Å². The van der Waals surface area contributed by atoms with E-state index in [4.69, 9.17) is 0 Å². The minimum atomic E-state index is -0.224. The smallest absolute Gasteiger partial charge is 0.262 e. The van der Waals surface area contributed by atoms with Gasteiger partial charge in [-0.25, -0.2) is 0 Å². The summed E-state index contributed by atoms with van der Waals surface area (Å²) in [4.78, 5) is 38.6. The molecule has 2 N–H and O–H groups in total. The molecule has 0 radical (unpaired) electrons. The molecular formula is C26H28N6O3S. The van der Waals surface area contributed by atoms with Gasteiger partial charge in [-0.3, -0.25) is 23.4 Å². The maximum atomic E-state index is 13.0. The molecule has 2 aromatic carbocycles. The fourth-order valence-corrected chi connectivity index (χ4v) is 5.38. The molecular weight excluding hydrogens is 476 g/mol. The van der Waals surface area contributed by atoms with Gasteiger partial charge in [-0.2, -0.15) is 0 Å². The second kappa shape index (κ2) is 10.1. The molecule has 0 saturated heterocycles. The van der Waals surface area contributed by atoms with E-state index in [9.17, 15) is 14.4 Å². The number of rotatable bonds is 6. The Labute approximate surface area is 212 Å². The number of para-hydroxylation sites is 1. The zero-order valence-electron chi connectivity index (χ0n) is 20.3. The third-order valence-corrected chi connectivity index (χ3v) is 7.57. The molecule has 36 heavy (non-hydrogen) atoms. The van der Waals surface area contributed by atoms with E-state index in [2.05, 4.69) is 20.8 Å². The summed E-state index contributed by atoms with van der Waals surface area (Å²) >= 11 is 1.22. The van der Waals surface area contributed by atoms with E-state index in [1.807, 2.05) is 31.2 Å². The number of nitrogens with one attached hydrogen (secondary N) is 2. The van der Waals surface area contributed by atoms with E-state index in [0.717, 1.165) is 36.9 Å². The number of hydrogen-bond acceptors (Lipinski definition) is 6. The van der Waals surface area contributed by atoms with E-state index in [1.54, 1.807) is 29.6 Å². The van der Waals surface area contributed by atoms with E-state index in [-0.39, 0.29) is 29.2 Å². The van der Waals surface area contributed by atoms with Gasteiger partial charge in [-0.05, 0) is 49.6 Å². The molecule has 1 aliphatic rings. The highest BCUT2D eigenvalue weighted by Gasteiger charge is 2.20. The highest BCUT2D eigenvalue weighted by Crippen LogP contribution is 2.24. The van der Waals surface area contributed by atoms with Gasteiger partial charge in [0.1, 0.15) is 0 Å². The van der Waals surface area contributed by atoms with Gasteiger partial charge in [0.25, 0.3) is 11.5 Å². The molecule has 0 bridgehead atoms. The number of thioether (sulfide) groups is 1. The van der Waals surface area contributed by atoms with Gasteiger partial charge in [0.2, 0.25) is 11.7 Å². The Morgan fingerprint density at radius 1 is 1.08 bits per heavy atom. The van der Waals surface area contributed by atoms with Gasteiger partial charge in [0.05, 0.1) is 16.7 Å². The van der Waals surface area contributed by atoms with Gasteiger partial charge >= 0.3 is 0 Å². The molecule has 9 nitrogen and oxygen atoms in total. The van der Waals surface area contributed by atoms with Crippen LogP contribution in [0.25, 0.3) is 16.7 Å². The van der Waals surface area contributed by atoms with Crippen molar-refractivity contribution >= 4 is 45.9 Å². The van der Waals surface area contributed by atoms with Crippen molar-refractivity contribution in [2.24, 2.45) is 7.05 Å². The lowest BCUT2D eigenvalue weighted by Gasteiger charge is -2.22. The van der Waals surface area contributed by atoms with Crippen LogP contribution in [0.3, 0.4) is 0 Å². The average molecular weight is 505 g/mol. The molecule has 5 rings (SSSR count). The highest BCUT2D eigenvalue weighted by atomic mass is 32.2. The van der Waals surface area contributed by atoms with Crippen molar-refractivity contribution in [2.45, 2.75) is 50.2 Å². The summed E-state index contributed by atoms with van der Waals surface area (Å²) in [5.74, 6) is 0.130. The number of benzene rings is 2. The Kier molecular flexibility index (Phi) is 6.77. The van der Waals surface area contributed by atoms with E-state index >= 15 is 0 Å². The molecule has 1 aliphatic carbocycles. The predicted molar refractivity (Wildman–Crippen MR) is 141 cm³/mol. The van der Waals surface area contributed by atoms with Crippen molar-refractivity contribution in [3.8, 4) is 0 Å². The first-order chi connectivity index (χ1) is 17.4. The molecule has 0 spiro atoms. The number of carbonyl (C=O) groups excluding carboxylic acids is 2. The third-order valence-electron chi connectivity index (χ3n) is 6.64. The van der Waals surface area contributed by atoms with Crippen LogP contribution in [-0.4, -0.2) is 42.8 Å². The summed E-state index contributed by atoms with van der Waals surface area (Å²) < 4.78 is 3.16. The van der Waals surface area contributed by atoms with Crippen molar-refractivity contribution in [1.82, 2.24) is 24.5 Å². The van der Waals surface area contributed by atoms with Crippen LogP contribution in [0.5, 0.6) is 0 Å². The number of nitrogens with zero attached hydrogens (tertiary/aromatic N) is 4. The monoisotopic (exact) mass is 504 g/mol. The van der Waals surface area contributed by atoms with Crippen LogP contribution in [-0.2, 0) is 11.8 Å². The fraction of sp³-hybridized carbons (Fsp3) is 0.346. The molecule has 1 fully saturated rings. The molecule has 186 valence electrons. The SMILES string of the molecule is Cc1ccccc1NC(=O)CSc1nnc2n(C)c(=O)c3ccc(C(=O)NC4CCCCC4)cc3n12. The minimum absolute atomic E-state index is 0.112. The zero-order valence-corrected chi connectivity index (χ0v) is 21.1. The zero-order chi connectivity index (χ0) is 25.2. The van der Waals surface area contributed by atoms with E-state index < -0.39 is 0 Å². The van der Waals surface area contributed by atoms with Crippen LogP contribution in [0, 0.1) is 6.92 Å². The first kappa shape index (κ1) is 24.1. The second-order valence-corrected chi connectivity index (χ2v) is 10.1. The molecule has 2 aromatic heterocycles. The normalized spacial score (nSPS) is 14.3. The lowest BCUT2D eigenvalue weighted by Crippen LogP contribution is -2.36. The van der Waals surface area contributed by atoms with Crippen molar-refractivity contribution in [3.63, 3.8) is 0 Å². The molecule has 2 amide bonds. The minimum Gasteiger partial charge on any atom is -0.349 e. The Hall–Kier alpha value is -3.66. The summed E-state index contributed by atoms with van der Waals surface area (Å²) in [6.45, 7) is 1.93. The first-order valence-electron chi connectivity index (χ1n) is 12.1. The van der Waals surface area contributed by atoms with Crippen molar-refractivity contribution in [2.75, 3.05) is 11.1 Å². The molecule has 0 unspecified atom stereocenters. The summed E-state index contributed by atoms with van der Waals surface area (Å²) in [5, 5.41) is 15.4. The predicted octanol–water partition coefficient (Wildman–Crippen LogP) is 3.68. The number of carbonyl (C=O) groups is 2. The van der Waals surface area contributed by atoms with Crippen molar-refractivity contribution < 1.29 is 9.59 Å². The van der Waals surface area contributed by atoms with Crippen LogP contribution in [0.15, 0.2) is 52.4 Å². The fourth-order valence-electron chi connectivity index (χ4n) is 4.64. The molecule has 0 aliphatic heterocycles. The summed E-state index contributed by atoms with van der Waals surface area (Å²) in [6.07, 6.45) is 5.43. The number of amides is 2. The summed E-state index contributed by atoms with van der Waals surface area (Å²) in [5.41, 5.74) is 2.53. The molecule has 4 aromatic rings. The highest BCUT2D eigenvalue weighted by molar-refractivity contribution is 7.99. The average Bonchev–Trinajstić information content (AvgIpc) is 3.32. The van der Waals surface area contributed by atoms with Crippen LogP contribution in [0.1, 0.15) is 48.0 Å². The number of aryl methyl sites for hydroxylation is 2. The Morgan fingerprint density at radius 2 is 1.86 bits per heavy atom. The molecule has 2 heterocycles. The lowest BCUT2D eigenvalue weighted by atomic mass is 9.95. The van der Waals surface area contributed by atoms with Crippen molar-refractivity contribution in [3.05, 3.63) is 63.9 Å². The number of anilines is 1. The van der Waals surface area contributed by atoms with Gasteiger partial charge in [-0.1, -0.05) is 49.2 Å². The third kappa shape index (κ3) is 4.73. The second-order valence-electron chi connectivity index (χ2n) is 9.17. The van der Waals surface area contributed by atoms with E-state index in [1.165, 1.54) is 22.7 Å². The standard InChI is InChI=1S/C26H28N6O3S/c1-16-8-6-7-11-20(16)28-22(33)15-36-26-30-29-25-31(2)24(35)19-13-12-17(14-21(19)32(25)26)23(34)27-18-9-4-3-5-10-18/h6-8,11-14,18H,3-5,9-10,15H2,1-2H3,(H,27,34)(H,28,33). The van der Waals surface area contributed by atoms with Crippen molar-refractivity contribution in [1.29, 1.82) is 0 Å². The molecule has 10 heteroatoms. The first-order valence-corrected chi connectivity index (χ1v) is 13.1. The quantitative estimate of drug-likeness (QED) is 0.388. The summed E-state index contributed by atoms with van der Waals surface area (Å²) in [6, 6.07) is 12.8. The van der Waals surface area contributed by atoms with Gasteiger partial charge in [0, 0.05) is 24.3 Å². The van der Waals surface area contributed by atoms with E-state index in [0.29, 0.717) is 27.4 Å². The van der Waals surface area contributed by atoms with Crippen LogP contribution < -0.4 is 16.2 Å². The topological polar surface area (TPSA) is 110 Å². The van der Waals surface area contributed by atoms with Crippen LogP contribution in [0.2, 0.25) is 0 Å². The Morgan fingerprint density at radius 3 is 2.64 bits per heavy atom. The number of aromatic nitrogens is 4. The number of fused-ring (bicyclic) bond motifs is 3. The Bertz CT molecular complexity index is 1520. The van der Waals surface area contributed by atoms with Crippen LogP contribution >= 0.6 is 11.8 Å². The summed E-state index contributed by atoms with van der Waals surface area (Å²) in [7, 11) is 1.63. The molecule has 0 atom stereocenters. The largest absolute Gasteiger partial charge is 0.349 e. The lowest BCUT2D eigenvalue weighted by molar-refractivity contribution is -0.113. The maximum Gasteiger partial charge on any atom is 0.262 e. The molecule has 1 saturated carbocycles. The van der Waals surface area contributed by atoms with Gasteiger partial charge < -0.3 is 10.6 Å². The Balaban J connectivity index is 1.45. The van der Waals surface area contributed by atoms with Crippen LogP contribution in [0.4, 0.5) is 5.69 Å².